The number of aryl methyl sites for hydroxylation is 1. The second-order valence-electron chi connectivity index (χ2n) is 3.51. The van der Waals surface area contributed by atoms with Crippen LogP contribution in [-0.2, 0) is 16.0 Å². The van der Waals surface area contributed by atoms with Crippen molar-refractivity contribution in [2.75, 3.05) is 6.61 Å². The Balaban J connectivity index is 2.45. The lowest BCUT2D eigenvalue weighted by Crippen LogP contribution is -1.99. The van der Waals surface area contributed by atoms with Crippen LogP contribution in [0, 0.1) is 0 Å². The molecule has 1 aromatic rings. The Labute approximate surface area is 101 Å². The monoisotopic (exact) mass is 232 g/mol. The van der Waals surface area contributed by atoms with Crippen molar-refractivity contribution in [3.63, 3.8) is 0 Å². The number of esters is 1. The Morgan fingerprint density at radius 3 is 2.82 bits per heavy atom. The molecule has 0 bridgehead atoms. The Hall–Kier alpha value is -1.90. The molecule has 3 heteroatoms. The van der Waals surface area contributed by atoms with Crippen molar-refractivity contribution >= 4 is 12.3 Å². The first kappa shape index (κ1) is 13.2. The summed E-state index contributed by atoms with van der Waals surface area (Å²) in [6.45, 7) is 2.16. The first-order valence-corrected chi connectivity index (χ1v) is 5.64. The zero-order valence-corrected chi connectivity index (χ0v) is 9.89. The summed E-state index contributed by atoms with van der Waals surface area (Å²) in [7, 11) is 0. The van der Waals surface area contributed by atoms with Crippen molar-refractivity contribution in [2.24, 2.45) is 0 Å². The highest BCUT2D eigenvalue weighted by atomic mass is 16.5. The second kappa shape index (κ2) is 7.39. The van der Waals surface area contributed by atoms with Crippen LogP contribution in [0.4, 0.5) is 0 Å². The van der Waals surface area contributed by atoms with E-state index in [2.05, 4.69) is 0 Å². The van der Waals surface area contributed by atoms with Crippen LogP contribution in [0.2, 0.25) is 0 Å². The molecule has 0 fully saturated rings. The van der Waals surface area contributed by atoms with Gasteiger partial charge in [0.15, 0.2) is 0 Å². The van der Waals surface area contributed by atoms with E-state index in [1.54, 1.807) is 19.1 Å². The Bertz CT molecular complexity index is 408. The summed E-state index contributed by atoms with van der Waals surface area (Å²) < 4.78 is 4.76. The lowest BCUT2D eigenvalue weighted by Gasteiger charge is -2.01. The minimum atomic E-state index is -0.323. The molecule has 17 heavy (non-hydrogen) atoms. The molecule has 0 heterocycles. The SMILES string of the molecule is CCOC(=O)/C=C/CCc1ccccc1C=O. The first-order valence-electron chi connectivity index (χ1n) is 5.64. The third-order valence-corrected chi connectivity index (χ3v) is 2.30. The van der Waals surface area contributed by atoms with Crippen molar-refractivity contribution in [1.29, 1.82) is 0 Å². The minimum Gasteiger partial charge on any atom is -0.463 e. The van der Waals surface area contributed by atoms with Gasteiger partial charge in [-0.3, -0.25) is 4.79 Å². The number of hydrogen-bond donors (Lipinski definition) is 0. The first-order chi connectivity index (χ1) is 8.27. The molecule has 0 aliphatic rings. The van der Waals surface area contributed by atoms with Crippen LogP contribution < -0.4 is 0 Å². The van der Waals surface area contributed by atoms with Crippen LogP contribution in [0.5, 0.6) is 0 Å². The highest BCUT2D eigenvalue weighted by Gasteiger charge is 1.99. The van der Waals surface area contributed by atoms with Gasteiger partial charge in [-0.1, -0.05) is 30.3 Å². The van der Waals surface area contributed by atoms with Crippen molar-refractivity contribution in [3.8, 4) is 0 Å². The Morgan fingerprint density at radius 2 is 2.12 bits per heavy atom. The zero-order valence-electron chi connectivity index (χ0n) is 9.89. The predicted octanol–water partition coefficient (Wildman–Crippen LogP) is 2.55. The van der Waals surface area contributed by atoms with Crippen molar-refractivity contribution < 1.29 is 14.3 Å². The summed E-state index contributed by atoms with van der Waals surface area (Å²) in [6.07, 6.45) is 5.49. The number of benzene rings is 1. The molecule has 0 amide bonds. The van der Waals surface area contributed by atoms with E-state index < -0.39 is 0 Å². The van der Waals surface area contributed by atoms with Gasteiger partial charge < -0.3 is 4.74 Å². The Kier molecular flexibility index (Phi) is 5.72. The Morgan fingerprint density at radius 1 is 1.35 bits per heavy atom. The number of ether oxygens (including phenoxy) is 1. The van der Waals surface area contributed by atoms with Gasteiger partial charge in [-0.05, 0) is 25.3 Å². The molecule has 0 saturated heterocycles. The molecular weight excluding hydrogens is 216 g/mol. The molecule has 0 radical (unpaired) electrons. The fourth-order valence-electron chi connectivity index (χ4n) is 1.49. The van der Waals surface area contributed by atoms with Gasteiger partial charge in [-0.15, -0.1) is 0 Å². The fourth-order valence-corrected chi connectivity index (χ4v) is 1.49. The molecule has 0 N–H and O–H groups in total. The normalized spacial score (nSPS) is 10.4. The third-order valence-electron chi connectivity index (χ3n) is 2.30. The molecular formula is C14H16O3. The van der Waals surface area contributed by atoms with E-state index in [0.29, 0.717) is 18.6 Å². The average Bonchev–Trinajstić information content (AvgIpc) is 2.35. The van der Waals surface area contributed by atoms with Crippen LogP contribution in [0.1, 0.15) is 29.3 Å². The lowest BCUT2D eigenvalue weighted by atomic mass is 10.0. The average molecular weight is 232 g/mol. The molecule has 1 rings (SSSR count). The number of hydrogen-bond acceptors (Lipinski definition) is 3. The quantitative estimate of drug-likeness (QED) is 0.430. The van der Waals surface area contributed by atoms with E-state index in [1.165, 1.54) is 6.08 Å². The number of allylic oxidation sites excluding steroid dienone is 1. The smallest absolute Gasteiger partial charge is 0.330 e. The van der Waals surface area contributed by atoms with Crippen molar-refractivity contribution in [2.45, 2.75) is 19.8 Å². The highest BCUT2D eigenvalue weighted by molar-refractivity contribution is 5.81. The molecule has 90 valence electrons. The molecule has 0 aromatic heterocycles. The summed E-state index contributed by atoms with van der Waals surface area (Å²) in [5.74, 6) is -0.323. The summed E-state index contributed by atoms with van der Waals surface area (Å²) in [5, 5.41) is 0. The molecule has 3 nitrogen and oxygen atoms in total. The van der Waals surface area contributed by atoms with E-state index in [4.69, 9.17) is 4.74 Å². The maximum absolute atomic E-state index is 11.0. The lowest BCUT2D eigenvalue weighted by molar-refractivity contribution is -0.137. The number of rotatable bonds is 6. The van der Waals surface area contributed by atoms with E-state index in [-0.39, 0.29) is 5.97 Å². The molecule has 0 aliphatic carbocycles. The zero-order chi connectivity index (χ0) is 12.5. The highest BCUT2D eigenvalue weighted by Crippen LogP contribution is 2.09. The van der Waals surface area contributed by atoms with E-state index in [1.807, 2.05) is 18.2 Å². The van der Waals surface area contributed by atoms with Gasteiger partial charge >= 0.3 is 5.97 Å². The van der Waals surface area contributed by atoms with E-state index >= 15 is 0 Å². The number of carbonyl (C=O) groups excluding carboxylic acids is 2. The van der Waals surface area contributed by atoms with E-state index in [9.17, 15) is 9.59 Å². The standard InChI is InChI=1S/C14H16O3/c1-2-17-14(16)10-6-5-8-12-7-3-4-9-13(12)11-15/h3-4,6-7,9-11H,2,5,8H2,1H3/b10-6+. The van der Waals surface area contributed by atoms with Gasteiger partial charge in [0.05, 0.1) is 6.61 Å². The van der Waals surface area contributed by atoms with Crippen LogP contribution in [-0.4, -0.2) is 18.9 Å². The summed E-state index contributed by atoms with van der Waals surface area (Å²) in [6, 6.07) is 7.44. The van der Waals surface area contributed by atoms with Gasteiger partial charge in [-0.25, -0.2) is 4.79 Å². The topological polar surface area (TPSA) is 43.4 Å². The molecule has 0 spiro atoms. The maximum atomic E-state index is 11.0. The van der Waals surface area contributed by atoms with Crippen molar-refractivity contribution in [1.82, 2.24) is 0 Å². The molecule has 0 atom stereocenters. The van der Waals surface area contributed by atoms with Crippen LogP contribution in [0.15, 0.2) is 36.4 Å². The summed E-state index contributed by atoms with van der Waals surface area (Å²) in [4.78, 5) is 21.8. The minimum absolute atomic E-state index is 0.323. The van der Waals surface area contributed by atoms with Gasteiger partial charge in [-0.2, -0.15) is 0 Å². The number of aldehydes is 1. The largest absolute Gasteiger partial charge is 0.463 e. The molecule has 0 aliphatic heterocycles. The van der Waals surface area contributed by atoms with Crippen LogP contribution in [0.3, 0.4) is 0 Å². The molecule has 0 unspecified atom stereocenters. The van der Waals surface area contributed by atoms with Gasteiger partial charge in [0.25, 0.3) is 0 Å². The van der Waals surface area contributed by atoms with Gasteiger partial charge in [0.2, 0.25) is 0 Å². The fraction of sp³-hybridized carbons (Fsp3) is 0.286. The molecule has 0 saturated carbocycles. The predicted molar refractivity (Wildman–Crippen MR) is 65.9 cm³/mol. The second-order valence-corrected chi connectivity index (χ2v) is 3.51. The summed E-state index contributed by atoms with van der Waals surface area (Å²) >= 11 is 0. The summed E-state index contributed by atoms with van der Waals surface area (Å²) in [5.41, 5.74) is 1.70. The van der Waals surface area contributed by atoms with Gasteiger partial charge in [0.1, 0.15) is 6.29 Å². The number of carbonyl (C=O) groups is 2. The van der Waals surface area contributed by atoms with Gasteiger partial charge in [0, 0.05) is 11.6 Å². The van der Waals surface area contributed by atoms with Crippen LogP contribution >= 0.6 is 0 Å². The molecule has 1 aromatic carbocycles. The van der Waals surface area contributed by atoms with E-state index in [0.717, 1.165) is 18.3 Å². The van der Waals surface area contributed by atoms with Crippen molar-refractivity contribution in [3.05, 3.63) is 47.5 Å². The third kappa shape index (κ3) is 4.64. The van der Waals surface area contributed by atoms with Crippen LogP contribution in [0.25, 0.3) is 0 Å². The maximum Gasteiger partial charge on any atom is 0.330 e.